The monoisotopic (exact) mass is 228 g/mol. The van der Waals surface area contributed by atoms with E-state index in [0.29, 0.717) is 6.10 Å². The van der Waals surface area contributed by atoms with Gasteiger partial charge >= 0.3 is 0 Å². The standard InChI is InChI=1S/C11H20N2OS/c1-4-10(7-12-3)14-6-5-11-9(2)13-8-15-11/h8,10,12H,4-7H2,1-3H3. The van der Waals surface area contributed by atoms with Crippen molar-refractivity contribution in [2.45, 2.75) is 32.8 Å². The zero-order valence-electron chi connectivity index (χ0n) is 9.75. The summed E-state index contributed by atoms with van der Waals surface area (Å²) in [6.07, 6.45) is 2.38. The van der Waals surface area contributed by atoms with Gasteiger partial charge in [-0.3, -0.25) is 0 Å². The molecule has 0 aromatic carbocycles. The average Bonchev–Trinajstić information content (AvgIpc) is 2.63. The number of thiazole rings is 1. The van der Waals surface area contributed by atoms with Gasteiger partial charge in [0.1, 0.15) is 0 Å². The van der Waals surface area contributed by atoms with E-state index >= 15 is 0 Å². The first kappa shape index (κ1) is 12.6. The van der Waals surface area contributed by atoms with E-state index in [0.717, 1.165) is 31.7 Å². The SMILES string of the molecule is CCC(CNC)OCCc1scnc1C. The Kier molecular flexibility index (Phi) is 5.83. The van der Waals surface area contributed by atoms with E-state index in [9.17, 15) is 0 Å². The quantitative estimate of drug-likeness (QED) is 0.775. The molecular formula is C11H20N2OS. The highest BCUT2D eigenvalue weighted by Crippen LogP contribution is 2.13. The van der Waals surface area contributed by atoms with E-state index in [1.54, 1.807) is 11.3 Å². The molecule has 0 saturated heterocycles. The molecule has 3 nitrogen and oxygen atoms in total. The van der Waals surface area contributed by atoms with Gasteiger partial charge in [-0.25, -0.2) is 4.98 Å². The van der Waals surface area contributed by atoms with Crippen molar-refractivity contribution < 1.29 is 4.74 Å². The van der Waals surface area contributed by atoms with Crippen LogP contribution < -0.4 is 5.32 Å². The first-order valence-corrected chi connectivity index (χ1v) is 6.31. The minimum atomic E-state index is 0.336. The van der Waals surface area contributed by atoms with Crippen molar-refractivity contribution in [1.29, 1.82) is 0 Å². The van der Waals surface area contributed by atoms with Gasteiger partial charge < -0.3 is 10.1 Å². The highest BCUT2D eigenvalue weighted by molar-refractivity contribution is 7.09. The molecule has 0 radical (unpaired) electrons. The number of hydrogen-bond acceptors (Lipinski definition) is 4. The molecule has 1 aromatic rings. The molecule has 0 amide bonds. The van der Waals surface area contributed by atoms with Crippen molar-refractivity contribution >= 4 is 11.3 Å². The van der Waals surface area contributed by atoms with Crippen LogP contribution in [0.1, 0.15) is 23.9 Å². The lowest BCUT2D eigenvalue weighted by Gasteiger charge is -2.15. The molecule has 0 aliphatic carbocycles. The Bertz CT molecular complexity index is 275. The molecule has 1 heterocycles. The van der Waals surface area contributed by atoms with Gasteiger partial charge in [-0.05, 0) is 20.4 Å². The molecule has 0 aliphatic heterocycles. The predicted octanol–water partition coefficient (Wildman–Crippen LogP) is 2.01. The fourth-order valence-corrected chi connectivity index (χ4v) is 2.20. The molecule has 0 fully saturated rings. The summed E-state index contributed by atoms with van der Waals surface area (Å²) in [5.41, 5.74) is 3.04. The van der Waals surface area contributed by atoms with E-state index in [1.165, 1.54) is 4.88 Å². The number of aryl methyl sites for hydroxylation is 1. The Morgan fingerprint density at radius 3 is 2.93 bits per heavy atom. The smallest absolute Gasteiger partial charge is 0.0797 e. The number of nitrogens with zero attached hydrogens (tertiary/aromatic N) is 1. The van der Waals surface area contributed by atoms with Crippen LogP contribution in [0.4, 0.5) is 0 Å². The lowest BCUT2D eigenvalue weighted by Crippen LogP contribution is -2.26. The number of ether oxygens (including phenoxy) is 1. The molecule has 1 rings (SSSR count). The average molecular weight is 228 g/mol. The van der Waals surface area contributed by atoms with Crippen LogP contribution in [0.5, 0.6) is 0 Å². The van der Waals surface area contributed by atoms with Gasteiger partial charge in [-0.1, -0.05) is 6.92 Å². The minimum absolute atomic E-state index is 0.336. The molecular weight excluding hydrogens is 208 g/mol. The van der Waals surface area contributed by atoms with Crippen molar-refractivity contribution in [1.82, 2.24) is 10.3 Å². The molecule has 1 aromatic heterocycles. The molecule has 0 saturated carbocycles. The van der Waals surface area contributed by atoms with Gasteiger partial charge in [0.2, 0.25) is 0 Å². The second-order valence-electron chi connectivity index (χ2n) is 3.57. The summed E-state index contributed by atoms with van der Waals surface area (Å²) in [6.45, 7) is 5.93. The van der Waals surface area contributed by atoms with Crippen LogP contribution in [0, 0.1) is 6.92 Å². The molecule has 0 spiro atoms. The number of hydrogen-bond donors (Lipinski definition) is 1. The van der Waals surface area contributed by atoms with Gasteiger partial charge in [0.25, 0.3) is 0 Å². The maximum Gasteiger partial charge on any atom is 0.0797 e. The van der Waals surface area contributed by atoms with Gasteiger partial charge in [0, 0.05) is 17.8 Å². The number of aromatic nitrogens is 1. The lowest BCUT2D eigenvalue weighted by molar-refractivity contribution is 0.0544. The van der Waals surface area contributed by atoms with Gasteiger partial charge in [-0.15, -0.1) is 11.3 Å². The molecule has 1 N–H and O–H groups in total. The highest BCUT2D eigenvalue weighted by atomic mass is 32.1. The third-order valence-electron chi connectivity index (χ3n) is 2.41. The maximum absolute atomic E-state index is 5.78. The highest BCUT2D eigenvalue weighted by Gasteiger charge is 2.06. The van der Waals surface area contributed by atoms with Crippen molar-refractivity contribution in [2.75, 3.05) is 20.2 Å². The fraction of sp³-hybridized carbons (Fsp3) is 0.727. The molecule has 0 bridgehead atoms. The summed E-state index contributed by atoms with van der Waals surface area (Å²) >= 11 is 1.72. The van der Waals surface area contributed by atoms with Crippen molar-refractivity contribution in [2.24, 2.45) is 0 Å². The second kappa shape index (κ2) is 6.93. The summed E-state index contributed by atoms with van der Waals surface area (Å²) in [7, 11) is 1.96. The van der Waals surface area contributed by atoms with Crippen molar-refractivity contribution in [3.05, 3.63) is 16.1 Å². The lowest BCUT2D eigenvalue weighted by atomic mass is 10.2. The van der Waals surface area contributed by atoms with Crippen LogP contribution in [-0.2, 0) is 11.2 Å². The first-order valence-electron chi connectivity index (χ1n) is 5.43. The molecule has 86 valence electrons. The van der Waals surface area contributed by atoms with Crippen LogP contribution in [0.3, 0.4) is 0 Å². The van der Waals surface area contributed by atoms with Crippen LogP contribution >= 0.6 is 11.3 Å². The van der Waals surface area contributed by atoms with Crippen molar-refractivity contribution in [3.63, 3.8) is 0 Å². The Morgan fingerprint density at radius 2 is 2.40 bits per heavy atom. The van der Waals surface area contributed by atoms with Gasteiger partial charge in [0.15, 0.2) is 0 Å². The Morgan fingerprint density at radius 1 is 1.60 bits per heavy atom. The summed E-state index contributed by atoms with van der Waals surface area (Å²) in [5, 5.41) is 3.14. The zero-order chi connectivity index (χ0) is 11.1. The van der Waals surface area contributed by atoms with Crippen molar-refractivity contribution in [3.8, 4) is 0 Å². The van der Waals surface area contributed by atoms with E-state index in [-0.39, 0.29) is 0 Å². The van der Waals surface area contributed by atoms with Crippen LogP contribution in [0.2, 0.25) is 0 Å². The predicted molar refractivity (Wildman–Crippen MR) is 64.5 cm³/mol. The van der Waals surface area contributed by atoms with Gasteiger partial charge in [0.05, 0.1) is 23.9 Å². The largest absolute Gasteiger partial charge is 0.377 e. The third kappa shape index (κ3) is 4.28. The Balaban J connectivity index is 2.23. The Labute approximate surface area is 95.9 Å². The third-order valence-corrected chi connectivity index (χ3v) is 3.41. The first-order chi connectivity index (χ1) is 7.27. The van der Waals surface area contributed by atoms with E-state index in [4.69, 9.17) is 4.74 Å². The maximum atomic E-state index is 5.78. The number of nitrogens with one attached hydrogen (secondary N) is 1. The number of likely N-dealkylation sites (N-methyl/N-ethyl adjacent to an activating group) is 1. The molecule has 1 atom stereocenters. The molecule has 1 unspecified atom stereocenters. The van der Waals surface area contributed by atoms with Crippen LogP contribution in [0.15, 0.2) is 5.51 Å². The van der Waals surface area contributed by atoms with E-state index in [1.807, 2.05) is 12.6 Å². The zero-order valence-corrected chi connectivity index (χ0v) is 10.6. The van der Waals surface area contributed by atoms with E-state index < -0.39 is 0 Å². The van der Waals surface area contributed by atoms with Crippen LogP contribution in [-0.4, -0.2) is 31.3 Å². The molecule has 4 heteroatoms. The summed E-state index contributed by atoms with van der Waals surface area (Å²) < 4.78 is 5.78. The second-order valence-corrected chi connectivity index (χ2v) is 4.51. The van der Waals surface area contributed by atoms with E-state index in [2.05, 4.69) is 24.1 Å². The van der Waals surface area contributed by atoms with Gasteiger partial charge in [-0.2, -0.15) is 0 Å². The summed E-state index contributed by atoms with van der Waals surface area (Å²) in [6, 6.07) is 0. The molecule has 15 heavy (non-hydrogen) atoms. The minimum Gasteiger partial charge on any atom is -0.377 e. The summed E-state index contributed by atoms with van der Waals surface area (Å²) in [5.74, 6) is 0. The number of rotatable bonds is 7. The fourth-order valence-electron chi connectivity index (χ4n) is 1.43. The summed E-state index contributed by atoms with van der Waals surface area (Å²) in [4.78, 5) is 5.56. The molecule has 0 aliphatic rings. The topological polar surface area (TPSA) is 34.1 Å². The Hall–Kier alpha value is -0.450. The normalized spacial score (nSPS) is 13.0. The van der Waals surface area contributed by atoms with Crippen LogP contribution in [0.25, 0.3) is 0 Å².